The number of carboxylic acids is 1. The molecule has 6 heteroatoms. The van der Waals surface area contributed by atoms with E-state index in [1.54, 1.807) is 24.3 Å². The highest BCUT2D eigenvalue weighted by atomic mass is 19.4. The van der Waals surface area contributed by atoms with Crippen LogP contribution < -0.4 is 4.74 Å². The first-order valence-corrected chi connectivity index (χ1v) is 8.52. The molecular formula is C22H17F3O3. The van der Waals surface area contributed by atoms with Crippen molar-refractivity contribution in [1.82, 2.24) is 0 Å². The minimum Gasteiger partial charge on any atom is -0.489 e. The minimum absolute atomic E-state index is 0.260. The number of hydrogen-bond donors (Lipinski definition) is 1. The maximum atomic E-state index is 13.0. The predicted molar refractivity (Wildman–Crippen MR) is 99.0 cm³/mol. The van der Waals surface area contributed by atoms with Gasteiger partial charge in [-0.15, -0.1) is 0 Å². The highest BCUT2D eigenvalue weighted by Crippen LogP contribution is 2.33. The van der Waals surface area contributed by atoms with Crippen molar-refractivity contribution >= 4 is 5.97 Å². The van der Waals surface area contributed by atoms with Gasteiger partial charge >= 0.3 is 12.1 Å². The first-order chi connectivity index (χ1) is 13.3. The molecule has 3 nitrogen and oxygen atoms in total. The summed E-state index contributed by atoms with van der Waals surface area (Å²) in [6.07, 6.45) is -4.74. The van der Waals surface area contributed by atoms with E-state index in [0.717, 1.165) is 17.7 Å². The molecule has 3 rings (SSSR count). The zero-order valence-electron chi connectivity index (χ0n) is 14.7. The topological polar surface area (TPSA) is 46.5 Å². The van der Waals surface area contributed by atoms with Crippen molar-refractivity contribution in [3.8, 4) is 16.9 Å². The van der Waals surface area contributed by atoms with Crippen molar-refractivity contribution < 1.29 is 27.8 Å². The molecule has 0 spiro atoms. The summed E-state index contributed by atoms with van der Waals surface area (Å²) in [5.41, 5.74) is 1.42. The molecule has 0 saturated heterocycles. The molecular weight excluding hydrogens is 369 g/mol. The van der Waals surface area contributed by atoms with Crippen LogP contribution in [0.15, 0.2) is 72.8 Å². The van der Waals surface area contributed by atoms with Crippen LogP contribution in [0.2, 0.25) is 0 Å². The minimum atomic E-state index is -4.45. The van der Waals surface area contributed by atoms with E-state index in [1.165, 1.54) is 6.07 Å². The van der Waals surface area contributed by atoms with Crippen molar-refractivity contribution in [3.63, 3.8) is 0 Å². The molecule has 0 aliphatic carbocycles. The Balaban J connectivity index is 1.91. The van der Waals surface area contributed by atoms with Gasteiger partial charge in [0.15, 0.2) is 0 Å². The fraction of sp³-hybridized carbons (Fsp3) is 0.136. The van der Waals surface area contributed by atoms with E-state index in [9.17, 15) is 23.1 Å². The molecule has 0 atom stereocenters. The second-order valence-corrected chi connectivity index (χ2v) is 6.25. The lowest BCUT2D eigenvalue weighted by Gasteiger charge is -2.14. The van der Waals surface area contributed by atoms with E-state index in [1.807, 2.05) is 30.3 Å². The smallest absolute Gasteiger partial charge is 0.416 e. The Morgan fingerprint density at radius 3 is 2.29 bits per heavy atom. The molecule has 0 fully saturated rings. The van der Waals surface area contributed by atoms with Gasteiger partial charge in [0.2, 0.25) is 0 Å². The van der Waals surface area contributed by atoms with Gasteiger partial charge in [0.25, 0.3) is 0 Å². The highest BCUT2D eigenvalue weighted by molar-refractivity contribution is 5.74. The van der Waals surface area contributed by atoms with Crippen LogP contribution in [-0.4, -0.2) is 11.1 Å². The van der Waals surface area contributed by atoms with Crippen LogP contribution in [0.25, 0.3) is 11.1 Å². The summed E-state index contributed by atoms with van der Waals surface area (Å²) >= 11 is 0. The lowest BCUT2D eigenvalue weighted by molar-refractivity contribution is -0.138. The Morgan fingerprint density at radius 2 is 1.61 bits per heavy atom. The molecule has 0 aliphatic rings. The monoisotopic (exact) mass is 386 g/mol. The van der Waals surface area contributed by atoms with E-state index in [2.05, 4.69) is 0 Å². The van der Waals surface area contributed by atoms with E-state index in [-0.39, 0.29) is 13.0 Å². The third-order valence-electron chi connectivity index (χ3n) is 4.16. The van der Waals surface area contributed by atoms with Gasteiger partial charge in [-0.3, -0.25) is 4.79 Å². The first kappa shape index (κ1) is 19.5. The van der Waals surface area contributed by atoms with Gasteiger partial charge < -0.3 is 9.84 Å². The molecule has 0 unspecified atom stereocenters. The predicted octanol–water partition coefficient (Wildman–Crippen LogP) is 5.58. The molecule has 28 heavy (non-hydrogen) atoms. The second kappa shape index (κ2) is 8.17. The van der Waals surface area contributed by atoms with Crippen molar-refractivity contribution in [2.24, 2.45) is 0 Å². The van der Waals surface area contributed by atoms with Gasteiger partial charge in [-0.25, -0.2) is 0 Å². The number of rotatable bonds is 6. The number of aliphatic carboxylic acids is 1. The summed E-state index contributed by atoms with van der Waals surface area (Å²) in [7, 11) is 0. The summed E-state index contributed by atoms with van der Waals surface area (Å²) in [5, 5.41) is 9.18. The van der Waals surface area contributed by atoms with Crippen LogP contribution in [0.1, 0.15) is 16.7 Å². The zero-order chi connectivity index (χ0) is 20.1. The summed E-state index contributed by atoms with van der Waals surface area (Å²) < 4.78 is 44.6. The van der Waals surface area contributed by atoms with Crippen LogP contribution in [0.3, 0.4) is 0 Å². The van der Waals surface area contributed by atoms with Crippen molar-refractivity contribution in [3.05, 3.63) is 89.5 Å². The molecule has 3 aromatic rings. The summed E-state index contributed by atoms with van der Waals surface area (Å²) in [6.45, 7) is 0.260. The highest BCUT2D eigenvalue weighted by Gasteiger charge is 2.30. The Labute approximate surface area is 160 Å². The Bertz CT molecular complexity index is 966. The third kappa shape index (κ3) is 4.91. The van der Waals surface area contributed by atoms with Gasteiger partial charge in [0.05, 0.1) is 12.0 Å². The summed E-state index contributed by atoms with van der Waals surface area (Å²) in [4.78, 5) is 11.2. The van der Waals surface area contributed by atoms with Gasteiger partial charge in [-0.2, -0.15) is 13.2 Å². The van der Waals surface area contributed by atoms with E-state index < -0.39 is 17.7 Å². The average molecular weight is 386 g/mol. The van der Waals surface area contributed by atoms with Gasteiger partial charge in [-0.1, -0.05) is 48.5 Å². The molecule has 1 N–H and O–H groups in total. The number of benzene rings is 3. The fourth-order valence-electron chi connectivity index (χ4n) is 2.81. The van der Waals surface area contributed by atoms with Crippen LogP contribution >= 0.6 is 0 Å². The fourth-order valence-corrected chi connectivity index (χ4v) is 2.81. The van der Waals surface area contributed by atoms with Crippen molar-refractivity contribution in [2.75, 3.05) is 0 Å². The number of hydrogen-bond acceptors (Lipinski definition) is 2. The van der Waals surface area contributed by atoms with Crippen molar-refractivity contribution in [2.45, 2.75) is 19.2 Å². The molecule has 0 radical (unpaired) electrons. The normalized spacial score (nSPS) is 11.2. The first-order valence-electron chi connectivity index (χ1n) is 8.52. The molecule has 0 aromatic heterocycles. The van der Waals surface area contributed by atoms with Crippen LogP contribution in [0, 0.1) is 0 Å². The van der Waals surface area contributed by atoms with Crippen LogP contribution in [0.5, 0.6) is 5.75 Å². The Kier molecular flexibility index (Phi) is 5.68. The average Bonchev–Trinajstić information content (AvgIpc) is 2.67. The number of halogens is 3. The third-order valence-corrected chi connectivity index (χ3v) is 4.16. The van der Waals surface area contributed by atoms with Crippen LogP contribution in [0.4, 0.5) is 13.2 Å². The molecule has 0 amide bonds. The van der Waals surface area contributed by atoms with E-state index in [0.29, 0.717) is 22.4 Å². The van der Waals surface area contributed by atoms with Crippen molar-refractivity contribution in [1.29, 1.82) is 0 Å². The SMILES string of the molecule is O=C(O)Cc1cc(-c2cccc(C(F)(F)F)c2)ccc1OCc1ccccc1. The molecule has 0 heterocycles. The molecule has 0 aliphatic heterocycles. The van der Waals surface area contributed by atoms with E-state index in [4.69, 9.17) is 4.74 Å². The molecule has 0 saturated carbocycles. The quantitative estimate of drug-likeness (QED) is 0.602. The summed E-state index contributed by atoms with van der Waals surface area (Å²) in [5.74, 6) is -0.660. The van der Waals surface area contributed by atoms with Gasteiger partial charge in [0.1, 0.15) is 12.4 Å². The van der Waals surface area contributed by atoms with Crippen LogP contribution in [-0.2, 0) is 24.0 Å². The van der Waals surface area contributed by atoms with Gasteiger partial charge in [0, 0.05) is 5.56 Å². The number of ether oxygens (including phenoxy) is 1. The lowest BCUT2D eigenvalue weighted by Crippen LogP contribution is -2.05. The Hall–Kier alpha value is -3.28. The maximum Gasteiger partial charge on any atom is 0.416 e. The van der Waals surface area contributed by atoms with E-state index >= 15 is 0 Å². The van der Waals surface area contributed by atoms with Gasteiger partial charge in [-0.05, 0) is 41.0 Å². The number of carboxylic acid groups (broad SMARTS) is 1. The Morgan fingerprint density at radius 1 is 0.893 bits per heavy atom. The molecule has 144 valence electrons. The largest absolute Gasteiger partial charge is 0.489 e. The molecule has 0 bridgehead atoms. The second-order valence-electron chi connectivity index (χ2n) is 6.25. The number of carbonyl (C=O) groups is 1. The summed E-state index contributed by atoms with van der Waals surface area (Å²) in [6, 6.07) is 19.1. The molecule has 3 aromatic carbocycles. The lowest BCUT2D eigenvalue weighted by atomic mass is 9.99. The zero-order valence-corrected chi connectivity index (χ0v) is 14.7. The maximum absolute atomic E-state index is 13.0. The standard InChI is InChI=1S/C22H17F3O3/c23-22(24,25)19-8-4-7-16(12-19)17-9-10-20(18(11-17)13-21(26)27)28-14-15-5-2-1-3-6-15/h1-12H,13-14H2,(H,26,27). The number of alkyl halides is 3.